The third kappa shape index (κ3) is 4.42. The van der Waals surface area contributed by atoms with E-state index in [9.17, 15) is 0 Å². The Labute approximate surface area is 108 Å². The highest BCUT2D eigenvalue weighted by atomic mass is 35.5. The summed E-state index contributed by atoms with van der Waals surface area (Å²) in [6.45, 7) is 1.76. The summed E-state index contributed by atoms with van der Waals surface area (Å²) in [4.78, 5) is 0. The molecule has 0 aliphatic carbocycles. The van der Waals surface area contributed by atoms with Crippen molar-refractivity contribution in [2.45, 2.75) is 18.9 Å². The summed E-state index contributed by atoms with van der Waals surface area (Å²) in [6.07, 6.45) is 0.587. The molecule has 17 heavy (non-hydrogen) atoms. The fourth-order valence-electron chi connectivity index (χ4n) is 1.51. The molecule has 0 saturated heterocycles. The molecule has 0 radical (unpaired) electrons. The monoisotopic (exact) mass is 261 g/mol. The Balaban J connectivity index is 0.00000256. The molecule has 0 aliphatic rings. The molecule has 1 aromatic carbocycles. The van der Waals surface area contributed by atoms with E-state index in [1.807, 2.05) is 25.1 Å². The standard InChI is InChI=1S/C12H19NO3.ClH/c1-12(13,8-14)7-9-4-5-10(15-2)11(6-9)16-3;/h4-6,14H,7-8,13H2,1-3H3;1H. The lowest BCUT2D eigenvalue weighted by Gasteiger charge is -2.22. The summed E-state index contributed by atoms with van der Waals surface area (Å²) in [5, 5.41) is 9.10. The summed E-state index contributed by atoms with van der Waals surface area (Å²) in [6, 6.07) is 5.63. The van der Waals surface area contributed by atoms with E-state index in [1.54, 1.807) is 14.2 Å². The maximum absolute atomic E-state index is 9.10. The Morgan fingerprint density at radius 3 is 2.29 bits per heavy atom. The van der Waals surface area contributed by atoms with Crippen molar-refractivity contribution in [3.8, 4) is 11.5 Å². The van der Waals surface area contributed by atoms with Gasteiger partial charge in [-0.2, -0.15) is 0 Å². The van der Waals surface area contributed by atoms with Gasteiger partial charge in [0, 0.05) is 5.54 Å². The van der Waals surface area contributed by atoms with E-state index in [2.05, 4.69) is 0 Å². The summed E-state index contributed by atoms with van der Waals surface area (Å²) in [5.41, 5.74) is 6.29. The van der Waals surface area contributed by atoms with Crippen molar-refractivity contribution >= 4 is 12.4 Å². The van der Waals surface area contributed by atoms with Crippen molar-refractivity contribution in [2.24, 2.45) is 5.73 Å². The van der Waals surface area contributed by atoms with Crippen LogP contribution in [0.1, 0.15) is 12.5 Å². The number of aliphatic hydroxyl groups excluding tert-OH is 1. The van der Waals surface area contributed by atoms with Crippen LogP contribution in [-0.4, -0.2) is 31.5 Å². The molecule has 4 nitrogen and oxygen atoms in total. The zero-order valence-corrected chi connectivity index (χ0v) is 11.2. The molecule has 1 aromatic rings. The van der Waals surface area contributed by atoms with Crippen LogP contribution in [-0.2, 0) is 6.42 Å². The molecule has 3 N–H and O–H groups in total. The van der Waals surface area contributed by atoms with Gasteiger partial charge >= 0.3 is 0 Å². The Kier molecular flexibility index (Phi) is 6.31. The van der Waals surface area contributed by atoms with Crippen LogP contribution >= 0.6 is 12.4 Å². The summed E-state index contributed by atoms with van der Waals surface area (Å²) >= 11 is 0. The van der Waals surface area contributed by atoms with Gasteiger partial charge in [0.1, 0.15) is 0 Å². The van der Waals surface area contributed by atoms with Gasteiger partial charge in [0.05, 0.1) is 20.8 Å². The van der Waals surface area contributed by atoms with Gasteiger partial charge in [-0.1, -0.05) is 6.07 Å². The molecule has 0 saturated carbocycles. The van der Waals surface area contributed by atoms with Gasteiger partial charge in [-0.05, 0) is 31.0 Å². The van der Waals surface area contributed by atoms with Crippen molar-refractivity contribution in [3.63, 3.8) is 0 Å². The lowest BCUT2D eigenvalue weighted by molar-refractivity contribution is 0.208. The van der Waals surface area contributed by atoms with Gasteiger partial charge < -0.3 is 20.3 Å². The number of rotatable bonds is 5. The topological polar surface area (TPSA) is 64.7 Å². The molecule has 0 bridgehead atoms. The minimum Gasteiger partial charge on any atom is -0.493 e. The third-order valence-corrected chi connectivity index (χ3v) is 2.42. The van der Waals surface area contributed by atoms with Crippen LogP contribution in [0.25, 0.3) is 0 Å². The van der Waals surface area contributed by atoms with Crippen LogP contribution in [0, 0.1) is 0 Å². The maximum atomic E-state index is 9.10. The number of halogens is 1. The summed E-state index contributed by atoms with van der Waals surface area (Å²) < 4.78 is 10.3. The molecule has 0 fully saturated rings. The molecule has 98 valence electrons. The molecule has 1 unspecified atom stereocenters. The van der Waals surface area contributed by atoms with Gasteiger partial charge in [-0.3, -0.25) is 0 Å². The lowest BCUT2D eigenvalue weighted by atomic mass is 9.95. The highest BCUT2D eigenvalue weighted by molar-refractivity contribution is 5.85. The van der Waals surface area contributed by atoms with Crippen LogP contribution in [0.2, 0.25) is 0 Å². The van der Waals surface area contributed by atoms with E-state index in [1.165, 1.54) is 0 Å². The van der Waals surface area contributed by atoms with Gasteiger partial charge in [0.25, 0.3) is 0 Å². The first-order valence-corrected chi connectivity index (χ1v) is 5.13. The average Bonchev–Trinajstić information content (AvgIpc) is 2.28. The van der Waals surface area contributed by atoms with Gasteiger partial charge in [-0.15, -0.1) is 12.4 Å². The number of aliphatic hydroxyl groups is 1. The molecule has 1 atom stereocenters. The van der Waals surface area contributed by atoms with Crippen molar-refractivity contribution in [3.05, 3.63) is 23.8 Å². The summed E-state index contributed by atoms with van der Waals surface area (Å²) in [5.74, 6) is 1.36. The number of methoxy groups -OCH3 is 2. The molecule has 0 aliphatic heterocycles. The summed E-state index contributed by atoms with van der Waals surface area (Å²) in [7, 11) is 3.19. The molecule has 5 heteroatoms. The Morgan fingerprint density at radius 1 is 1.24 bits per heavy atom. The molecular weight excluding hydrogens is 242 g/mol. The largest absolute Gasteiger partial charge is 0.493 e. The fraction of sp³-hybridized carbons (Fsp3) is 0.500. The second-order valence-electron chi connectivity index (χ2n) is 4.18. The fourth-order valence-corrected chi connectivity index (χ4v) is 1.51. The second kappa shape index (κ2) is 6.69. The number of benzene rings is 1. The first-order valence-electron chi connectivity index (χ1n) is 5.13. The Hall–Kier alpha value is -0.970. The number of hydrogen-bond acceptors (Lipinski definition) is 4. The van der Waals surface area contributed by atoms with Crippen LogP contribution in [0.5, 0.6) is 11.5 Å². The number of ether oxygens (including phenoxy) is 2. The second-order valence-corrected chi connectivity index (χ2v) is 4.18. The Morgan fingerprint density at radius 2 is 1.82 bits per heavy atom. The van der Waals surface area contributed by atoms with Gasteiger partial charge in [0.15, 0.2) is 11.5 Å². The van der Waals surface area contributed by atoms with Crippen molar-refractivity contribution in [1.29, 1.82) is 0 Å². The minimum atomic E-state index is -0.612. The predicted molar refractivity (Wildman–Crippen MR) is 70.2 cm³/mol. The number of hydrogen-bond donors (Lipinski definition) is 2. The average molecular weight is 262 g/mol. The maximum Gasteiger partial charge on any atom is 0.160 e. The van der Waals surface area contributed by atoms with Crippen molar-refractivity contribution in [1.82, 2.24) is 0 Å². The molecule has 0 aromatic heterocycles. The zero-order valence-electron chi connectivity index (χ0n) is 10.4. The third-order valence-electron chi connectivity index (χ3n) is 2.42. The lowest BCUT2D eigenvalue weighted by Crippen LogP contribution is -2.42. The van der Waals surface area contributed by atoms with Crippen LogP contribution < -0.4 is 15.2 Å². The van der Waals surface area contributed by atoms with E-state index in [4.69, 9.17) is 20.3 Å². The highest BCUT2D eigenvalue weighted by Crippen LogP contribution is 2.28. The zero-order chi connectivity index (χ0) is 12.2. The van der Waals surface area contributed by atoms with E-state index in [0.717, 1.165) is 5.56 Å². The van der Waals surface area contributed by atoms with Crippen LogP contribution in [0.4, 0.5) is 0 Å². The van der Waals surface area contributed by atoms with Crippen LogP contribution in [0.15, 0.2) is 18.2 Å². The first kappa shape index (κ1) is 16.0. The van der Waals surface area contributed by atoms with Gasteiger partial charge in [-0.25, -0.2) is 0 Å². The highest BCUT2D eigenvalue weighted by Gasteiger charge is 2.18. The smallest absolute Gasteiger partial charge is 0.160 e. The molecular formula is C12H20ClNO3. The predicted octanol–water partition coefficient (Wildman–Crippen LogP) is 1.38. The molecule has 0 amide bonds. The van der Waals surface area contributed by atoms with Crippen molar-refractivity contribution < 1.29 is 14.6 Å². The normalized spacial score (nSPS) is 13.5. The van der Waals surface area contributed by atoms with E-state index < -0.39 is 5.54 Å². The Bertz CT molecular complexity index is 356. The quantitative estimate of drug-likeness (QED) is 0.841. The van der Waals surface area contributed by atoms with E-state index >= 15 is 0 Å². The first-order chi connectivity index (χ1) is 7.52. The molecule has 0 spiro atoms. The minimum absolute atomic E-state index is 0. The molecule has 1 rings (SSSR count). The van der Waals surface area contributed by atoms with E-state index in [0.29, 0.717) is 17.9 Å². The van der Waals surface area contributed by atoms with Crippen molar-refractivity contribution in [2.75, 3.05) is 20.8 Å². The molecule has 0 heterocycles. The van der Waals surface area contributed by atoms with Gasteiger partial charge in [0.2, 0.25) is 0 Å². The van der Waals surface area contributed by atoms with E-state index in [-0.39, 0.29) is 19.0 Å². The SMILES string of the molecule is COc1ccc(CC(C)(N)CO)cc1OC.Cl. The van der Waals surface area contributed by atoms with Crippen LogP contribution in [0.3, 0.4) is 0 Å². The number of nitrogens with two attached hydrogens (primary N) is 1.